The van der Waals surface area contributed by atoms with E-state index in [1.54, 1.807) is 6.20 Å². The van der Waals surface area contributed by atoms with Crippen molar-refractivity contribution in [1.29, 1.82) is 0 Å². The van der Waals surface area contributed by atoms with Crippen LogP contribution in [0, 0.1) is 11.6 Å². The summed E-state index contributed by atoms with van der Waals surface area (Å²) in [4.78, 5) is 6.17. The largest absolute Gasteiger partial charge is 0.444 e. The average molecular weight is 320 g/mol. The number of halogens is 2. The van der Waals surface area contributed by atoms with Gasteiger partial charge in [-0.05, 0) is 37.5 Å². The van der Waals surface area contributed by atoms with Crippen molar-refractivity contribution < 1.29 is 18.3 Å². The van der Waals surface area contributed by atoms with Crippen LogP contribution in [0.4, 0.5) is 8.78 Å². The zero-order valence-corrected chi connectivity index (χ0v) is 12.6. The van der Waals surface area contributed by atoms with E-state index >= 15 is 0 Å². The van der Waals surface area contributed by atoms with Crippen LogP contribution in [0.5, 0.6) is 0 Å². The number of nitrogens with zero attached hydrogens (tertiary/aromatic N) is 2. The summed E-state index contributed by atoms with van der Waals surface area (Å²) < 4.78 is 33.3. The number of hydrogen-bond donors (Lipinski definition) is 1. The van der Waals surface area contributed by atoms with Gasteiger partial charge in [-0.25, -0.2) is 13.8 Å². The van der Waals surface area contributed by atoms with Gasteiger partial charge in [0, 0.05) is 24.1 Å². The highest BCUT2D eigenvalue weighted by Gasteiger charge is 2.35. The van der Waals surface area contributed by atoms with Crippen molar-refractivity contribution in [3.8, 4) is 0 Å². The summed E-state index contributed by atoms with van der Waals surface area (Å²) in [5.74, 6) is 1.00. The van der Waals surface area contributed by atoms with E-state index in [0.717, 1.165) is 30.7 Å². The maximum absolute atomic E-state index is 14.1. The first-order chi connectivity index (χ1) is 11.1. The summed E-state index contributed by atoms with van der Waals surface area (Å²) in [6.07, 6.45) is 3.82. The summed E-state index contributed by atoms with van der Waals surface area (Å²) in [5, 5.41) is 9.96. The van der Waals surface area contributed by atoms with Gasteiger partial charge in [0.15, 0.2) is 0 Å². The van der Waals surface area contributed by atoms with Crippen LogP contribution in [0.1, 0.15) is 48.4 Å². The minimum absolute atomic E-state index is 0.274. The third-order valence-electron chi connectivity index (χ3n) is 4.59. The lowest BCUT2D eigenvalue weighted by Crippen LogP contribution is -2.25. The van der Waals surface area contributed by atoms with Crippen molar-refractivity contribution in [2.24, 2.45) is 0 Å². The predicted octanol–water partition coefficient (Wildman–Crippen LogP) is 3.14. The minimum atomic E-state index is -0.569. The molecule has 1 saturated carbocycles. The van der Waals surface area contributed by atoms with Crippen molar-refractivity contribution in [2.75, 3.05) is 6.54 Å². The van der Waals surface area contributed by atoms with Crippen LogP contribution in [0.2, 0.25) is 0 Å². The second kappa shape index (κ2) is 5.69. The van der Waals surface area contributed by atoms with Gasteiger partial charge in [0.2, 0.25) is 5.89 Å². The highest BCUT2D eigenvalue weighted by molar-refractivity contribution is 5.24. The second-order valence-corrected chi connectivity index (χ2v) is 6.43. The van der Waals surface area contributed by atoms with E-state index in [1.165, 1.54) is 6.07 Å². The first kappa shape index (κ1) is 14.8. The Kier molecular flexibility index (Phi) is 3.66. The fraction of sp³-hybridized carbons (Fsp3) is 0.471. The van der Waals surface area contributed by atoms with Crippen molar-refractivity contribution in [2.45, 2.75) is 43.9 Å². The van der Waals surface area contributed by atoms with Crippen LogP contribution in [0.15, 0.2) is 28.8 Å². The Bertz CT molecular complexity index is 714. The zero-order valence-electron chi connectivity index (χ0n) is 12.6. The maximum Gasteiger partial charge on any atom is 0.208 e. The summed E-state index contributed by atoms with van der Waals surface area (Å²) in [7, 11) is 0. The molecule has 0 bridgehead atoms. The molecule has 0 radical (unpaired) electrons. The molecule has 2 atom stereocenters. The third kappa shape index (κ3) is 3.01. The highest BCUT2D eigenvalue weighted by atomic mass is 19.1. The van der Waals surface area contributed by atoms with Crippen molar-refractivity contribution in [3.63, 3.8) is 0 Å². The van der Waals surface area contributed by atoms with Gasteiger partial charge >= 0.3 is 0 Å². The van der Waals surface area contributed by atoms with E-state index in [-0.39, 0.29) is 11.6 Å². The van der Waals surface area contributed by atoms with E-state index in [1.807, 2.05) is 4.90 Å². The van der Waals surface area contributed by atoms with Gasteiger partial charge in [-0.2, -0.15) is 0 Å². The maximum atomic E-state index is 14.1. The molecular weight excluding hydrogens is 302 g/mol. The Hall–Kier alpha value is -1.79. The quantitative estimate of drug-likeness (QED) is 0.940. The van der Waals surface area contributed by atoms with Gasteiger partial charge in [0.05, 0.1) is 18.8 Å². The molecule has 1 aliphatic carbocycles. The molecule has 1 aliphatic heterocycles. The van der Waals surface area contributed by atoms with Gasteiger partial charge in [-0.1, -0.05) is 0 Å². The van der Waals surface area contributed by atoms with Crippen LogP contribution < -0.4 is 0 Å². The highest BCUT2D eigenvalue weighted by Crippen LogP contribution is 2.41. The van der Waals surface area contributed by atoms with Crippen molar-refractivity contribution in [3.05, 3.63) is 53.2 Å². The summed E-state index contributed by atoms with van der Waals surface area (Å²) in [6.45, 7) is 0.770. The van der Waals surface area contributed by atoms with Crippen LogP contribution in [0.3, 0.4) is 0 Å². The fourth-order valence-corrected chi connectivity index (χ4v) is 3.28. The first-order valence-electron chi connectivity index (χ1n) is 7.92. The minimum Gasteiger partial charge on any atom is -0.444 e. The molecule has 0 spiro atoms. The summed E-state index contributed by atoms with van der Waals surface area (Å²) in [6, 6.07) is 3.06. The van der Waals surface area contributed by atoms with Crippen LogP contribution in [-0.2, 0) is 6.54 Å². The van der Waals surface area contributed by atoms with Gasteiger partial charge in [0.25, 0.3) is 0 Å². The Balaban J connectivity index is 1.56. The molecule has 2 aromatic rings. The Morgan fingerprint density at radius 1 is 1.30 bits per heavy atom. The summed E-state index contributed by atoms with van der Waals surface area (Å²) >= 11 is 0. The lowest BCUT2D eigenvalue weighted by Gasteiger charge is -2.23. The molecule has 2 aliphatic rings. The molecule has 4 rings (SSSR count). The first-order valence-corrected chi connectivity index (χ1v) is 7.92. The van der Waals surface area contributed by atoms with Gasteiger partial charge in [0.1, 0.15) is 17.4 Å². The molecule has 0 amide bonds. The lowest BCUT2D eigenvalue weighted by atomic mass is 10.0. The van der Waals surface area contributed by atoms with Crippen LogP contribution >= 0.6 is 0 Å². The third-order valence-corrected chi connectivity index (χ3v) is 4.59. The normalized spacial score (nSPS) is 25.2. The Labute approximate surface area is 132 Å². The molecule has 1 aromatic carbocycles. The molecular formula is C17H18F2N2O2. The summed E-state index contributed by atoms with van der Waals surface area (Å²) in [5.41, 5.74) is 0.274. The Morgan fingerprint density at radius 2 is 2.13 bits per heavy atom. The number of aliphatic hydroxyl groups excluding tert-OH is 1. The molecule has 2 heterocycles. The zero-order chi connectivity index (χ0) is 16.0. The monoisotopic (exact) mass is 320 g/mol. The lowest BCUT2D eigenvalue weighted by molar-refractivity contribution is 0.166. The van der Waals surface area contributed by atoms with Crippen molar-refractivity contribution >= 4 is 0 Å². The molecule has 23 heavy (non-hydrogen) atoms. The van der Waals surface area contributed by atoms with E-state index in [9.17, 15) is 13.9 Å². The number of aliphatic hydroxyl groups is 1. The topological polar surface area (TPSA) is 49.5 Å². The average Bonchev–Trinajstić information content (AvgIpc) is 3.16. The fourth-order valence-electron chi connectivity index (χ4n) is 3.28. The predicted molar refractivity (Wildman–Crippen MR) is 78.6 cm³/mol. The van der Waals surface area contributed by atoms with Crippen LogP contribution in [-0.4, -0.2) is 27.6 Å². The second-order valence-electron chi connectivity index (χ2n) is 6.43. The van der Waals surface area contributed by atoms with E-state index < -0.39 is 17.7 Å². The van der Waals surface area contributed by atoms with Gasteiger partial charge in [-0.3, -0.25) is 4.90 Å². The number of oxazole rings is 1. The van der Waals surface area contributed by atoms with E-state index in [4.69, 9.17) is 4.42 Å². The molecule has 1 aromatic heterocycles. The van der Waals surface area contributed by atoms with Crippen molar-refractivity contribution in [1.82, 2.24) is 9.88 Å². The number of aromatic nitrogens is 1. The molecule has 1 saturated heterocycles. The van der Waals surface area contributed by atoms with E-state index in [0.29, 0.717) is 31.3 Å². The molecule has 1 N–H and O–H groups in total. The smallest absolute Gasteiger partial charge is 0.208 e. The van der Waals surface area contributed by atoms with Gasteiger partial charge in [-0.15, -0.1) is 0 Å². The number of benzene rings is 1. The SMILES string of the molecule is O[C@H]1C[C@H](c2cc(F)ccc2F)N(Cc2ncc(C3CC3)o2)C1. The molecule has 4 nitrogen and oxygen atoms in total. The van der Waals surface area contributed by atoms with Gasteiger partial charge < -0.3 is 9.52 Å². The molecule has 122 valence electrons. The van der Waals surface area contributed by atoms with E-state index in [2.05, 4.69) is 4.98 Å². The number of β-amino-alcohol motifs (C(OH)–C–C–N with tert-alkyl or cyclic N) is 1. The molecule has 6 heteroatoms. The molecule has 0 unspecified atom stereocenters. The molecule has 2 fully saturated rings. The number of likely N-dealkylation sites (tertiary alicyclic amines) is 1. The standard InChI is InChI=1S/C17H18F2N2O2/c18-11-3-4-14(19)13(5-11)15-6-12(22)8-21(15)9-17-20-7-16(23-17)10-1-2-10/h3-5,7,10,12,15,22H,1-2,6,8-9H2/t12-,15+/m0/s1. The number of rotatable bonds is 4. The Morgan fingerprint density at radius 3 is 2.91 bits per heavy atom. The van der Waals surface area contributed by atoms with Crippen LogP contribution in [0.25, 0.3) is 0 Å². The number of hydrogen-bond acceptors (Lipinski definition) is 4.